The number of nitrogens with zero attached hydrogens (tertiary/aromatic N) is 2. The third-order valence-corrected chi connectivity index (χ3v) is 7.01. The number of nitro groups is 1. The fourth-order valence-electron chi connectivity index (χ4n) is 3.34. The number of hydrogen-bond acceptors (Lipinski definition) is 6. The molecule has 0 radical (unpaired) electrons. The van der Waals surface area contributed by atoms with Crippen molar-refractivity contribution >= 4 is 33.0 Å². The molecule has 29 heavy (non-hydrogen) atoms. The molecule has 8 nitrogen and oxygen atoms in total. The number of aliphatic hydroxyl groups is 1. The van der Waals surface area contributed by atoms with Gasteiger partial charge in [0.25, 0.3) is 5.69 Å². The zero-order chi connectivity index (χ0) is 21.0. The van der Waals surface area contributed by atoms with E-state index in [-0.39, 0.29) is 22.9 Å². The molecule has 0 unspecified atom stereocenters. The lowest BCUT2D eigenvalue weighted by Gasteiger charge is -2.26. The molecule has 1 aliphatic heterocycles. The van der Waals surface area contributed by atoms with Gasteiger partial charge in [0, 0.05) is 24.2 Å². The van der Waals surface area contributed by atoms with Gasteiger partial charge in [-0.3, -0.25) is 10.1 Å². The van der Waals surface area contributed by atoms with E-state index in [2.05, 4.69) is 5.32 Å². The van der Waals surface area contributed by atoms with Crippen LogP contribution in [0, 0.1) is 10.1 Å². The van der Waals surface area contributed by atoms with Crippen LogP contribution >= 0.6 is 11.6 Å². The number of piperidine rings is 1. The van der Waals surface area contributed by atoms with Gasteiger partial charge >= 0.3 is 0 Å². The van der Waals surface area contributed by atoms with Gasteiger partial charge < -0.3 is 10.4 Å². The van der Waals surface area contributed by atoms with Crippen molar-refractivity contribution in [3.63, 3.8) is 0 Å². The fraction of sp³-hybridized carbons (Fsp3) is 0.368. The number of hydrogen-bond donors (Lipinski definition) is 2. The summed E-state index contributed by atoms with van der Waals surface area (Å²) >= 11 is 5.99. The van der Waals surface area contributed by atoms with E-state index in [0.29, 0.717) is 23.7 Å². The Bertz CT molecular complexity index is 993. The third-order valence-electron chi connectivity index (χ3n) is 4.88. The van der Waals surface area contributed by atoms with Crippen LogP contribution in [0.3, 0.4) is 0 Å². The van der Waals surface area contributed by atoms with Crippen molar-refractivity contribution in [2.75, 3.05) is 25.0 Å². The minimum atomic E-state index is -3.79. The van der Waals surface area contributed by atoms with Crippen LogP contribution in [0.1, 0.15) is 30.9 Å². The molecule has 2 aromatic rings. The number of nitro benzene ring substituents is 1. The number of anilines is 1. The lowest BCUT2D eigenvalue weighted by atomic mass is 10.1. The Morgan fingerprint density at radius 2 is 1.90 bits per heavy atom. The SMILES string of the molecule is O=[N+]([O-])c1cc(S(=O)(=O)N2CCCCC2)ccc1N[C@H](CO)c1cccc(Cl)c1. The molecule has 1 heterocycles. The normalized spacial score (nSPS) is 16.3. The third kappa shape index (κ3) is 4.87. The molecule has 0 aliphatic carbocycles. The van der Waals surface area contributed by atoms with Crippen molar-refractivity contribution < 1.29 is 18.4 Å². The van der Waals surface area contributed by atoms with Crippen LogP contribution in [0.25, 0.3) is 0 Å². The van der Waals surface area contributed by atoms with Crippen molar-refractivity contribution in [2.24, 2.45) is 0 Å². The Kier molecular flexibility index (Phi) is 6.74. The summed E-state index contributed by atoms with van der Waals surface area (Å²) in [5.41, 5.74) is 0.398. The second-order valence-electron chi connectivity index (χ2n) is 6.84. The Labute approximate surface area is 174 Å². The molecule has 1 fully saturated rings. The van der Waals surface area contributed by atoms with Crippen molar-refractivity contribution in [2.45, 2.75) is 30.2 Å². The largest absolute Gasteiger partial charge is 0.394 e. The van der Waals surface area contributed by atoms with Gasteiger partial charge in [-0.25, -0.2) is 8.42 Å². The van der Waals surface area contributed by atoms with E-state index in [1.165, 1.54) is 16.4 Å². The highest BCUT2D eigenvalue weighted by Crippen LogP contribution is 2.32. The number of sulfonamides is 1. The Morgan fingerprint density at radius 1 is 1.17 bits per heavy atom. The summed E-state index contributed by atoms with van der Waals surface area (Å²) in [7, 11) is -3.79. The maximum absolute atomic E-state index is 12.8. The first kappa shape index (κ1) is 21.5. The predicted molar refractivity (Wildman–Crippen MR) is 111 cm³/mol. The zero-order valence-electron chi connectivity index (χ0n) is 15.6. The first-order valence-electron chi connectivity index (χ1n) is 9.24. The molecule has 0 bridgehead atoms. The van der Waals surface area contributed by atoms with Gasteiger partial charge in [0.1, 0.15) is 5.69 Å². The standard InChI is InChI=1S/C19H22ClN3O5S/c20-15-6-4-5-14(11-15)18(13-24)21-17-8-7-16(12-19(17)23(25)26)29(27,28)22-9-2-1-3-10-22/h4-8,11-12,18,21,24H,1-3,9-10,13H2/t18-/m1/s1. The van der Waals surface area contributed by atoms with E-state index in [9.17, 15) is 23.6 Å². The number of halogens is 1. The van der Waals surface area contributed by atoms with Gasteiger partial charge in [0.2, 0.25) is 10.0 Å². The highest BCUT2D eigenvalue weighted by molar-refractivity contribution is 7.89. The van der Waals surface area contributed by atoms with E-state index < -0.39 is 21.0 Å². The average molecular weight is 440 g/mol. The summed E-state index contributed by atoms with van der Waals surface area (Å²) in [6.45, 7) is 0.500. The Hall–Kier alpha value is -2.20. The molecule has 0 spiro atoms. The second kappa shape index (κ2) is 9.08. The van der Waals surface area contributed by atoms with Crippen molar-refractivity contribution in [1.82, 2.24) is 4.31 Å². The molecule has 1 saturated heterocycles. The molecular weight excluding hydrogens is 418 g/mol. The minimum Gasteiger partial charge on any atom is -0.394 e. The van der Waals surface area contributed by atoms with Crippen LogP contribution in [0.5, 0.6) is 0 Å². The summed E-state index contributed by atoms with van der Waals surface area (Å²) in [6, 6.07) is 9.92. The van der Waals surface area contributed by atoms with E-state index in [1.807, 2.05) is 0 Å². The van der Waals surface area contributed by atoms with Gasteiger partial charge in [-0.15, -0.1) is 0 Å². The van der Waals surface area contributed by atoms with Crippen LogP contribution in [-0.2, 0) is 10.0 Å². The quantitative estimate of drug-likeness (QED) is 0.503. The van der Waals surface area contributed by atoms with Crippen LogP contribution in [0.2, 0.25) is 5.02 Å². The Balaban J connectivity index is 1.93. The van der Waals surface area contributed by atoms with E-state index in [1.54, 1.807) is 24.3 Å². The van der Waals surface area contributed by atoms with Gasteiger partial charge in [-0.2, -0.15) is 4.31 Å². The topological polar surface area (TPSA) is 113 Å². The Morgan fingerprint density at radius 3 is 2.52 bits per heavy atom. The molecule has 0 aromatic heterocycles. The lowest BCUT2D eigenvalue weighted by Crippen LogP contribution is -2.35. The highest BCUT2D eigenvalue weighted by atomic mass is 35.5. The van der Waals surface area contributed by atoms with Crippen LogP contribution in [-0.4, -0.2) is 42.4 Å². The molecule has 10 heteroatoms. The molecule has 1 atom stereocenters. The van der Waals surface area contributed by atoms with Gasteiger partial charge in [-0.1, -0.05) is 30.2 Å². The minimum absolute atomic E-state index is 0.111. The molecule has 0 saturated carbocycles. The number of nitrogens with one attached hydrogen (secondary N) is 1. The summed E-state index contributed by atoms with van der Waals surface area (Å²) in [5, 5.41) is 24.7. The zero-order valence-corrected chi connectivity index (χ0v) is 17.2. The molecule has 0 amide bonds. The number of benzene rings is 2. The fourth-order valence-corrected chi connectivity index (χ4v) is 5.08. The summed E-state index contributed by atoms with van der Waals surface area (Å²) in [5.74, 6) is 0. The summed E-state index contributed by atoms with van der Waals surface area (Å²) in [4.78, 5) is 10.9. The van der Waals surface area contributed by atoms with E-state index in [4.69, 9.17) is 11.6 Å². The highest BCUT2D eigenvalue weighted by Gasteiger charge is 2.29. The maximum atomic E-state index is 12.8. The van der Waals surface area contributed by atoms with Crippen LogP contribution < -0.4 is 5.32 Å². The monoisotopic (exact) mass is 439 g/mol. The number of rotatable bonds is 7. The van der Waals surface area contributed by atoms with Crippen LogP contribution in [0.4, 0.5) is 11.4 Å². The average Bonchev–Trinajstić information content (AvgIpc) is 2.72. The first-order chi connectivity index (χ1) is 13.8. The maximum Gasteiger partial charge on any atom is 0.293 e. The molecule has 156 valence electrons. The summed E-state index contributed by atoms with van der Waals surface area (Å²) < 4.78 is 27.0. The summed E-state index contributed by atoms with van der Waals surface area (Å²) in [6.07, 6.45) is 2.53. The molecular formula is C19H22ClN3O5S. The van der Waals surface area contributed by atoms with E-state index >= 15 is 0 Å². The molecule has 2 N–H and O–H groups in total. The van der Waals surface area contributed by atoms with E-state index in [0.717, 1.165) is 25.3 Å². The van der Waals surface area contributed by atoms with Crippen molar-refractivity contribution in [1.29, 1.82) is 0 Å². The van der Waals surface area contributed by atoms with Crippen molar-refractivity contribution in [3.05, 3.63) is 63.2 Å². The molecule has 1 aliphatic rings. The second-order valence-corrected chi connectivity index (χ2v) is 9.21. The lowest BCUT2D eigenvalue weighted by molar-refractivity contribution is -0.384. The smallest absolute Gasteiger partial charge is 0.293 e. The molecule has 2 aromatic carbocycles. The number of aliphatic hydroxyl groups excluding tert-OH is 1. The van der Waals surface area contributed by atoms with Gasteiger partial charge in [0.05, 0.1) is 22.5 Å². The molecule has 3 rings (SSSR count). The van der Waals surface area contributed by atoms with Gasteiger partial charge in [-0.05, 0) is 42.7 Å². The first-order valence-corrected chi connectivity index (χ1v) is 11.1. The predicted octanol–water partition coefficient (Wildman–Crippen LogP) is 3.57. The van der Waals surface area contributed by atoms with Crippen LogP contribution in [0.15, 0.2) is 47.4 Å². The van der Waals surface area contributed by atoms with Crippen molar-refractivity contribution in [3.8, 4) is 0 Å². The van der Waals surface area contributed by atoms with Gasteiger partial charge in [0.15, 0.2) is 0 Å².